The number of aryl methyl sites for hydroxylation is 3. The zero-order valence-electron chi connectivity index (χ0n) is 19.0. The summed E-state index contributed by atoms with van der Waals surface area (Å²) in [5.41, 5.74) is 0.758. The van der Waals surface area contributed by atoms with Crippen LogP contribution in [-0.4, -0.2) is 28.5 Å². The zero-order chi connectivity index (χ0) is 24.8. The van der Waals surface area contributed by atoms with Gasteiger partial charge in [0.1, 0.15) is 11.3 Å². The van der Waals surface area contributed by atoms with Crippen LogP contribution in [-0.2, 0) is 16.4 Å². The van der Waals surface area contributed by atoms with Crippen LogP contribution in [0.15, 0.2) is 48.5 Å². The van der Waals surface area contributed by atoms with E-state index in [1.165, 1.54) is 12.1 Å². The Morgan fingerprint density at radius 3 is 2.21 bits per heavy atom. The number of rotatable bonds is 5. The first-order chi connectivity index (χ1) is 15.9. The van der Waals surface area contributed by atoms with Crippen molar-refractivity contribution in [3.63, 3.8) is 0 Å². The molecule has 0 fully saturated rings. The number of benzene rings is 2. The van der Waals surface area contributed by atoms with Crippen LogP contribution in [0.5, 0.6) is 0 Å². The Kier molecular flexibility index (Phi) is 5.89. The van der Waals surface area contributed by atoms with Gasteiger partial charge in [-0.2, -0.15) is 21.6 Å². The minimum absolute atomic E-state index is 0.154. The van der Waals surface area contributed by atoms with Crippen molar-refractivity contribution < 1.29 is 21.6 Å². The Morgan fingerprint density at radius 2 is 1.59 bits per heavy atom. The molecule has 34 heavy (non-hydrogen) atoms. The first-order valence-corrected chi connectivity index (χ1v) is 12.1. The highest BCUT2D eigenvalue weighted by molar-refractivity contribution is 7.93. The molecule has 1 N–H and O–H groups in total. The maximum absolute atomic E-state index is 12.9. The lowest BCUT2D eigenvalue weighted by molar-refractivity contribution is -0.0429. The number of sulfonamides is 1. The van der Waals surface area contributed by atoms with E-state index in [1.54, 1.807) is 29.0 Å². The molecule has 0 aliphatic carbocycles. The van der Waals surface area contributed by atoms with Gasteiger partial charge in [0, 0.05) is 23.4 Å². The Bertz CT molecular complexity index is 1490. The molecule has 6 nitrogen and oxygen atoms in total. The van der Waals surface area contributed by atoms with Crippen LogP contribution < -0.4 is 4.72 Å². The second-order valence-electron chi connectivity index (χ2n) is 7.98. The Morgan fingerprint density at radius 1 is 0.941 bits per heavy atom. The third-order valence-electron chi connectivity index (χ3n) is 5.89. The molecule has 4 rings (SSSR count). The Balaban J connectivity index is 1.79. The number of aromatic nitrogens is 3. The normalized spacial score (nSPS) is 12.3. The van der Waals surface area contributed by atoms with Crippen LogP contribution in [0.1, 0.15) is 29.6 Å². The summed E-state index contributed by atoms with van der Waals surface area (Å²) in [6.45, 7) is 7.99. The minimum atomic E-state index is -5.54. The molecule has 0 saturated carbocycles. The summed E-state index contributed by atoms with van der Waals surface area (Å²) in [6.07, 6.45) is 0.678. The van der Waals surface area contributed by atoms with E-state index in [0.717, 1.165) is 39.5 Å². The lowest BCUT2D eigenvalue weighted by Crippen LogP contribution is -2.30. The van der Waals surface area contributed by atoms with Gasteiger partial charge in [-0.15, -0.1) is 0 Å². The summed E-state index contributed by atoms with van der Waals surface area (Å²) < 4.78 is 65.5. The summed E-state index contributed by atoms with van der Waals surface area (Å²) >= 11 is 0. The summed E-state index contributed by atoms with van der Waals surface area (Å²) in [6, 6.07) is 13.0. The van der Waals surface area contributed by atoms with Gasteiger partial charge in [0.05, 0.1) is 5.69 Å². The fourth-order valence-corrected chi connectivity index (χ4v) is 4.41. The van der Waals surface area contributed by atoms with Crippen molar-refractivity contribution in [2.45, 2.75) is 39.6 Å². The molecular weight excluding hydrogens is 465 g/mol. The van der Waals surface area contributed by atoms with Crippen LogP contribution >= 0.6 is 0 Å². The molecule has 0 atom stereocenters. The molecule has 0 bridgehead atoms. The van der Waals surface area contributed by atoms with Gasteiger partial charge in [0.25, 0.3) is 0 Å². The second-order valence-corrected chi connectivity index (χ2v) is 9.65. The van der Waals surface area contributed by atoms with Crippen molar-refractivity contribution >= 4 is 26.9 Å². The van der Waals surface area contributed by atoms with E-state index in [-0.39, 0.29) is 5.69 Å². The SMILES string of the molecule is CCc1nc2c(C)c(C)c(C)nc2n1-c1ccc(-c2ccccc2NS(=O)(=O)C(F)(F)F)cc1. The third kappa shape index (κ3) is 4.02. The average Bonchev–Trinajstić information content (AvgIpc) is 3.15. The molecule has 0 aliphatic rings. The topological polar surface area (TPSA) is 76.9 Å². The lowest BCUT2D eigenvalue weighted by atomic mass is 10.0. The number of hydrogen-bond acceptors (Lipinski definition) is 4. The van der Waals surface area contributed by atoms with Gasteiger partial charge < -0.3 is 0 Å². The van der Waals surface area contributed by atoms with Crippen LogP contribution in [0.4, 0.5) is 18.9 Å². The van der Waals surface area contributed by atoms with Crippen LogP contribution in [0, 0.1) is 20.8 Å². The fraction of sp³-hybridized carbons (Fsp3) is 0.250. The molecule has 0 unspecified atom stereocenters. The predicted molar refractivity (Wildman–Crippen MR) is 126 cm³/mol. The zero-order valence-corrected chi connectivity index (χ0v) is 19.8. The van der Waals surface area contributed by atoms with E-state index in [4.69, 9.17) is 9.97 Å². The molecule has 2 heterocycles. The number of halogens is 3. The second kappa shape index (κ2) is 8.43. The molecule has 10 heteroatoms. The third-order valence-corrected chi connectivity index (χ3v) is 6.98. The molecular formula is C24H23F3N4O2S. The summed E-state index contributed by atoms with van der Waals surface area (Å²) in [5.74, 6) is 0.835. The van der Waals surface area contributed by atoms with Gasteiger partial charge in [-0.25, -0.2) is 9.97 Å². The molecule has 178 valence electrons. The van der Waals surface area contributed by atoms with Crippen molar-refractivity contribution in [3.05, 3.63) is 71.2 Å². The number of hydrogen-bond donors (Lipinski definition) is 1. The highest BCUT2D eigenvalue weighted by Gasteiger charge is 2.46. The van der Waals surface area contributed by atoms with Crippen molar-refractivity contribution in [3.8, 4) is 16.8 Å². The number of imidazole rings is 1. The first-order valence-electron chi connectivity index (χ1n) is 10.6. The lowest BCUT2D eigenvalue weighted by Gasteiger charge is -2.15. The summed E-state index contributed by atoms with van der Waals surface area (Å²) in [7, 11) is -5.54. The number of nitrogens with one attached hydrogen (secondary N) is 1. The van der Waals surface area contributed by atoms with E-state index in [2.05, 4.69) is 0 Å². The maximum atomic E-state index is 12.9. The van der Waals surface area contributed by atoms with Crippen LogP contribution in [0.2, 0.25) is 0 Å². The number of para-hydroxylation sites is 1. The number of nitrogens with zero attached hydrogens (tertiary/aromatic N) is 3. The standard InChI is InChI=1S/C24H23F3N4O2S/c1-5-21-29-22-15(3)14(2)16(4)28-23(22)31(21)18-12-10-17(11-13-18)19-8-6-7-9-20(19)30-34(32,33)24(25,26)27/h6-13,30H,5H2,1-4H3. The molecule has 4 aromatic rings. The van der Waals surface area contributed by atoms with Gasteiger partial charge >= 0.3 is 15.5 Å². The molecule has 0 spiro atoms. The maximum Gasteiger partial charge on any atom is 0.516 e. The van der Waals surface area contributed by atoms with E-state index in [9.17, 15) is 21.6 Å². The Labute approximate surface area is 195 Å². The molecule has 0 saturated heterocycles. The van der Waals surface area contributed by atoms with Crippen molar-refractivity contribution in [2.75, 3.05) is 4.72 Å². The van der Waals surface area contributed by atoms with E-state index < -0.39 is 15.5 Å². The number of fused-ring (bicyclic) bond motifs is 1. The van der Waals surface area contributed by atoms with Crippen LogP contribution in [0.3, 0.4) is 0 Å². The highest BCUT2D eigenvalue weighted by atomic mass is 32.2. The molecule has 0 aliphatic heterocycles. The van der Waals surface area contributed by atoms with E-state index in [0.29, 0.717) is 17.5 Å². The van der Waals surface area contributed by atoms with Crippen molar-refractivity contribution in [1.29, 1.82) is 0 Å². The minimum Gasteiger partial charge on any atom is -0.281 e. The Hall–Kier alpha value is -3.40. The number of anilines is 1. The molecule has 0 amide bonds. The molecule has 2 aromatic carbocycles. The van der Waals surface area contributed by atoms with Crippen molar-refractivity contribution in [1.82, 2.24) is 14.5 Å². The van der Waals surface area contributed by atoms with Gasteiger partial charge in [-0.05, 0) is 55.7 Å². The first kappa shape index (κ1) is 23.7. The highest BCUT2D eigenvalue weighted by Crippen LogP contribution is 2.33. The monoisotopic (exact) mass is 488 g/mol. The van der Waals surface area contributed by atoms with E-state index in [1.807, 2.05) is 44.4 Å². The molecule has 2 aromatic heterocycles. The van der Waals surface area contributed by atoms with Gasteiger partial charge in [0.15, 0.2) is 5.65 Å². The smallest absolute Gasteiger partial charge is 0.281 e. The summed E-state index contributed by atoms with van der Waals surface area (Å²) in [4.78, 5) is 9.54. The largest absolute Gasteiger partial charge is 0.516 e. The molecule has 0 radical (unpaired) electrons. The quantitative estimate of drug-likeness (QED) is 0.383. The van der Waals surface area contributed by atoms with Crippen LogP contribution in [0.25, 0.3) is 28.0 Å². The fourth-order valence-electron chi connectivity index (χ4n) is 3.83. The average molecular weight is 489 g/mol. The van der Waals surface area contributed by atoms with Gasteiger partial charge in [-0.1, -0.05) is 37.3 Å². The van der Waals surface area contributed by atoms with Gasteiger partial charge in [0.2, 0.25) is 0 Å². The summed E-state index contributed by atoms with van der Waals surface area (Å²) in [5, 5.41) is 0. The van der Waals surface area contributed by atoms with Crippen molar-refractivity contribution in [2.24, 2.45) is 0 Å². The van der Waals surface area contributed by atoms with E-state index >= 15 is 0 Å². The number of pyridine rings is 1. The van der Waals surface area contributed by atoms with Gasteiger partial charge in [-0.3, -0.25) is 9.29 Å². The predicted octanol–water partition coefficient (Wildman–Crippen LogP) is 5.84. The number of alkyl halides is 3.